The van der Waals surface area contributed by atoms with Crippen molar-refractivity contribution in [1.29, 1.82) is 0 Å². The monoisotopic (exact) mass is 348 g/mol. The van der Waals surface area contributed by atoms with E-state index in [1.54, 1.807) is 18.4 Å². The first-order valence-electron chi connectivity index (χ1n) is 8.27. The average Bonchev–Trinajstić information content (AvgIpc) is 2.94. The third-order valence-electron chi connectivity index (χ3n) is 4.06. The van der Waals surface area contributed by atoms with Crippen molar-refractivity contribution in [3.63, 3.8) is 0 Å². The smallest absolute Gasteiger partial charge is 0.188 e. The lowest BCUT2D eigenvalue weighted by Crippen LogP contribution is -2.10. The second-order valence-electron chi connectivity index (χ2n) is 7.42. The maximum Gasteiger partial charge on any atom is 0.188 e. The van der Waals surface area contributed by atoms with E-state index in [1.165, 1.54) is 5.56 Å². The van der Waals surface area contributed by atoms with Crippen LogP contribution in [-0.2, 0) is 10.2 Å². The lowest BCUT2D eigenvalue weighted by Gasteiger charge is -2.19. The molecule has 1 aromatic heterocycles. The maximum absolute atomic E-state index is 10.5. The Hall–Kier alpha value is -1.36. The van der Waals surface area contributed by atoms with Crippen molar-refractivity contribution in [3.8, 4) is 16.2 Å². The van der Waals surface area contributed by atoms with Crippen LogP contribution in [0.1, 0.15) is 51.8 Å². The van der Waals surface area contributed by atoms with Gasteiger partial charge in [0.15, 0.2) is 6.79 Å². The molecule has 0 saturated heterocycles. The predicted molar refractivity (Wildman–Crippen MR) is 101 cm³/mol. The van der Waals surface area contributed by atoms with E-state index in [4.69, 9.17) is 9.47 Å². The fraction of sp³-hybridized carbons (Fsp3) is 0.500. The zero-order valence-corrected chi connectivity index (χ0v) is 16.2. The summed E-state index contributed by atoms with van der Waals surface area (Å²) in [5, 5.41) is 12.5. The lowest BCUT2D eigenvalue weighted by atomic mass is 9.86. The average molecular weight is 349 g/mol. The second-order valence-corrected chi connectivity index (χ2v) is 8.30. The van der Waals surface area contributed by atoms with Crippen LogP contribution in [-0.4, -0.2) is 19.0 Å². The first-order valence-corrected chi connectivity index (χ1v) is 9.15. The SMILES string of the molecule is COCOc1c(C(O)C(C)C)csc1-c1ccc(C(C)(C)C)cc1. The van der Waals surface area contributed by atoms with Crippen molar-refractivity contribution in [2.24, 2.45) is 5.92 Å². The highest BCUT2D eigenvalue weighted by Crippen LogP contribution is 2.44. The van der Waals surface area contributed by atoms with Gasteiger partial charge in [-0.2, -0.15) is 0 Å². The highest BCUT2D eigenvalue weighted by molar-refractivity contribution is 7.14. The third kappa shape index (κ3) is 4.18. The van der Waals surface area contributed by atoms with E-state index in [0.717, 1.165) is 21.8 Å². The van der Waals surface area contributed by atoms with Crippen LogP contribution < -0.4 is 4.74 Å². The topological polar surface area (TPSA) is 38.7 Å². The van der Waals surface area contributed by atoms with Gasteiger partial charge in [-0.15, -0.1) is 11.3 Å². The highest BCUT2D eigenvalue weighted by Gasteiger charge is 2.23. The summed E-state index contributed by atoms with van der Waals surface area (Å²) in [5.41, 5.74) is 3.36. The number of methoxy groups -OCH3 is 1. The van der Waals surface area contributed by atoms with Crippen LogP contribution in [0.3, 0.4) is 0 Å². The Morgan fingerprint density at radius 2 is 1.75 bits per heavy atom. The normalized spacial score (nSPS) is 13.3. The van der Waals surface area contributed by atoms with Crippen molar-refractivity contribution in [2.75, 3.05) is 13.9 Å². The molecule has 0 bridgehead atoms. The number of benzene rings is 1. The van der Waals surface area contributed by atoms with Gasteiger partial charge in [-0.05, 0) is 22.5 Å². The molecule has 1 unspecified atom stereocenters. The van der Waals surface area contributed by atoms with Crippen molar-refractivity contribution < 1.29 is 14.6 Å². The van der Waals surface area contributed by atoms with E-state index < -0.39 is 6.10 Å². The maximum atomic E-state index is 10.5. The Kier molecular flexibility index (Phi) is 6.07. The summed E-state index contributed by atoms with van der Waals surface area (Å²) in [6.07, 6.45) is -0.546. The molecular weight excluding hydrogens is 320 g/mol. The molecule has 1 atom stereocenters. The molecule has 2 rings (SSSR count). The van der Waals surface area contributed by atoms with E-state index in [0.29, 0.717) is 0 Å². The van der Waals surface area contributed by atoms with Gasteiger partial charge < -0.3 is 14.6 Å². The molecule has 2 aromatic rings. The van der Waals surface area contributed by atoms with Crippen LogP contribution in [0.2, 0.25) is 0 Å². The second kappa shape index (κ2) is 7.68. The molecule has 0 aliphatic carbocycles. The molecule has 24 heavy (non-hydrogen) atoms. The van der Waals surface area contributed by atoms with Crippen LogP contribution >= 0.6 is 11.3 Å². The largest absolute Gasteiger partial charge is 0.466 e. The van der Waals surface area contributed by atoms with Gasteiger partial charge in [0.05, 0.1) is 11.0 Å². The molecule has 132 valence electrons. The van der Waals surface area contributed by atoms with E-state index in [1.807, 2.05) is 19.2 Å². The minimum atomic E-state index is -0.546. The molecule has 0 radical (unpaired) electrons. The standard InChI is InChI=1S/C20H28O3S/c1-13(2)17(21)16-11-24-19(18(16)23-12-22-6)14-7-9-15(10-8-14)20(3,4)5/h7-11,13,17,21H,12H2,1-6H3. The van der Waals surface area contributed by atoms with Gasteiger partial charge in [-0.3, -0.25) is 0 Å². The number of rotatable bonds is 6. The molecule has 4 heteroatoms. The van der Waals surface area contributed by atoms with Gasteiger partial charge in [-0.1, -0.05) is 58.9 Å². The fourth-order valence-corrected chi connectivity index (χ4v) is 3.56. The van der Waals surface area contributed by atoms with Gasteiger partial charge >= 0.3 is 0 Å². The van der Waals surface area contributed by atoms with Crippen molar-refractivity contribution in [2.45, 2.75) is 46.1 Å². The Labute approximate surface area is 149 Å². The summed E-state index contributed by atoms with van der Waals surface area (Å²) in [7, 11) is 1.60. The van der Waals surface area contributed by atoms with E-state index >= 15 is 0 Å². The molecule has 0 fully saturated rings. The first-order chi connectivity index (χ1) is 11.3. The summed E-state index contributed by atoms with van der Waals surface area (Å²) in [6.45, 7) is 10.8. The van der Waals surface area contributed by atoms with Crippen LogP contribution in [0.4, 0.5) is 0 Å². The third-order valence-corrected chi connectivity index (χ3v) is 5.09. The molecule has 0 saturated carbocycles. The molecular formula is C20H28O3S. The Bertz CT molecular complexity index is 651. The van der Waals surface area contributed by atoms with E-state index in [9.17, 15) is 5.11 Å². The molecule has 0 amide bonds. The van der Waals surface area contributed by atoms with Crippen LogP contribution in [0.5, 0.6) is 5.75 Å². The van der Waals surface area contributed by atoms with Gasteiger partial charge in [0.25, 0.3) is 0 Å². The van der Waals surface area contributed by atoms with Crippen molar-refractivity contribution >= 4 is 11.3 Å². The number of aliphatic hydroxyl groups is 1. The van der Waals surface area contributed by atoms with Gasteiger partial charge in [0.2, 0.25) is 0 Å². The van der Waals surface area contributed by atoms with E-state index in [2.05, 4.69) is 45.0 Å². The summed E-state index contributed by atoms with van der Waals surface area (Å²) in [4.78, 5) is 1.03. The predicted octanol–water partition coefficient (Wildman–Crippen LogP) is 5.38. The van der Waals surface area contributed by atoms with Crippen LogP contribution in [0.25, 0.3) is 10.4 Å². The first kappa shape index (κ1) is 19.0. The molecule has 0 aliphatic heterocycles. The molecule has 1 heterocycles. The van der Waals surface area contributed by atoms with Gasteiger partial charge in [0.1, 0.15) is 5.75 Å². The summed E-state index contributed by atoms with van der Waals surface area (Å²) >= 11 is 1.60. The molecule has 0 spiro atoms. The lowest BCUT2D eigenvalue weighted by molar-refractivity contribution is 0.0470. The summed E-state index contributed by atoms with van der Waals surface area (Å²) in [6, 6.07) is 8.57. The van der Waals surface area contributed by atoms with Crippen molar-refractivity contribution in [1.82, 2.24) is 0 Å². The van der Waals surface area contributed by atoms with Crippen molar-refractivity contribution in [3.05, 3.63) is 40.8 Å². The zero-order valence-electron chi connectivity index (χ0n) is 15.4. The number of thiophene rings is 1. The fourth-order valence-electron chi connectivity index (χ4n) is 2.51. The highest BCUT2D eigenvalue weighted by atomic mass is 32.1. The number of ether oxygens (including phenoxy) is 2. The summed E-state index contributed by atoms with van der Waals surface area (Å²) < 4.78 is 10.9. The molecule has 1 aromatic carbocycles. The molecule has 1 N–H and O–H groups in total. The number of aliphatic hydroxyl groups excluding tert-OH is 1. The van der Waals surface area contributed by atoms with Gasteiger partial charge in [0, 0.05) is 18.1 Å². The molecule has 0 aliphatic rings. The number of hydrogen-bond donors (Lipinski definition) is 1. The van der Waals surface area contributed by atoms with Crippen LogP contribution in [0.15, 0.2) is 29.6 Å². The zero-order chi connectivity index (χ0) is 17.9. The summed E-state index contributed by atoms with van der Waals surface area (Å²) in [5.74, 6) is 0.854. The molecule has 3 nitrogen and oxygen atoms in total. The quantitative estimate of drug-likeness (QED) is 0.712. The Balaban J connectivity index is 2.42. The van der Waals surface area contributed by atoms with E-state index in [-0.39, 0.29) is 18.1 Å². The Morgan fingerprint density at radius 1 is 1.12 bits per heavy atom. The minimum absolute atomic E-state index is 0.126. The number of hydrogen-bond acceptors (Lipinski definition) is 4. The minimum Gasteiger partial charge on any atom is -0.466 e. The Morgan fingerprint density at radius 3 is 2.25 bits per heavy atom. The van der Waals surface area contributed by atoms with Crippen LogP contribution in [0, 0.1) is 5.92 Å². The van der Waals surface area contributed by atoms with Gasteiger partial charge in [-0.25, -0.2) is 0 Å².